The number of hydrogen-bond donors (Lipinski definition) is 0. The maximum absolute atomic E-state index is 12.5. The van der Waals surface area contributed by atoms with Crippen molar-refractivity contribution in [3.8, 4) is 0 Å². The minimum atomic E-state index is -3.87. The van der Waals surface area contributed by atoms with Crippen molar-refractivity contribution in [1.29, 1.82) is 0 Å². The van der Waals surface area contributed by atoms with Gasteiger partial charge in [-0.25, -0.2) is 8.42 Å². The molecular weight excluding hydrogens is 410 g/mol. The quantitative estimate of drug-likeness (QED) is 0.717. The van der Waals surface area contributed by atoms with Gasteiger partial charge >= 0.3 is 0 Å². The standard InChI is InChI=1S/C20H27N3O4S2/c1-4-15-7-5-6-10-23(15)19(25)13-29(26,27)12-18(24)21-20-22(3)16-9-8-14(2)11-17(16)28-20/h8-9,11,15H,4-7,10,12-13H2,1-3H3. The van der Waals surface area contributed by atoms with Crippen molar-refractivity contribution in [3.63, 3.8) is 0 Å². The first-order valence-electron chi connectivity index (χ1n) is 9.84. The molecule has 0 bridgehead atoms. The van der Waals surface area contributed by atoms with Crippen LogP contribution in [0.2, 0.25) is 0 Å². The van der Waals surface area contributed by atoms with Gasteiger partial charge in [-0.3, -0.25) is 9.59 Å². The number of amides is 2. The summed E-state index contributed by atoms with van der Waals surface area (Å²) in [6.45, 7) is 4.57. The summed E-state index contributed by atoms with van der Waals surface area (Å²) in [7, 11) is -2.08. The number of piperidine rings is 1. The van der Waals surface area contributed by atoms with Gasteiger partial charge in [0.2, 0.25) is 5.91 Å². The Balaban J connectivity index is 1.73. The molecule has 0 radical (unpaired) electrons. The molecule has 1 aromatic carbocycles. The molecule has 2 aromatic rings. The number of fused-ring (bicyclic) bond motifs is 1. The Morgan fingerprint density at radius 1 is 1.24 bits per heavy atom. The van der Waals surface area contributed by atoms with Crippen LogP contribution < -0.4 is 4.80 Å². The molecule has 0 aliphatic carbocycles. The first kappa shape index (κ1) is 21.7. The monoisotopic (exact) mass is 437 g/mol. The van der Waals surface area contributed by atoms with E-state index in [2.05, 4.69) is 4.99 Å². The molecule has 0 N–H and O–H groups in total. The summed E-state index contributed by atoms with van der Waals surface area (Å²) in [6, 6.07) is 6.01. The smallest absolute Gasteiger partial charge is 0.263 e. The van der Waals surface area contributed by atoms with E-state index in [1.165, 1.54) is 11.3 Å². The maximum atomic E-state index is 12.5. The van der Waals surface area contributed by atoms with E-state index in [1.54, 1.807) is 16.5 Å². The highest BCUT2D eigenvalue weighted by molar-refractivity contribution is 7.92. The third-order valence-electron chi connectivity index (χ3n) is 5.29. The molecule has 1 aromatic heterocycles. The van der Waals surface area contributed by atoms with E-state index in [1.807, 2.05) is 32.0 Å². The second-order valence-electron chi connectivity index (χ2n) is 7.60. The number of aromatic nitrogens is 1. The van der Waals surface area contributed by atoms with Crippen molar-refractivity contribution in [2.45, 2.75) is 45.6 Å². The fourth-order valence-electron chi connectivity index (χ4n) is 3.75. The van der Waals surface area contributed by atoms with Gasteiger partial charge in [0.05, 0.1) is 10.2 Å². The first-order chi connectivity index (χ1) is 13.7. The average Bonchev–Trinajstić information content (AvgIpc) is 2.95. The summed E-state index contributed by atoms with van der Waals surface area (Å²) in [5, 5.41) is 0. The van der Waals surface area contributed by atoms with Crippen LogP contribution in [0.4, 0.5) is 0 Å². The predicted molar refractivity (Wildman–Crippen MR) is 114 cm³/mol. The summed E-state index contributed by atoms with van der Waals surface area (Å²) in [5.74, 6) is -2.55. The van der Waals surface area contributed by atoms with Crippen LogP contribution in [-0.4, -0.2) is 53.8 Å². The van der Waals surface area contributed by atoms with Gasteiger partial charge in [-0.2, -0.15) is 4.99 Å². The lowest BCUT2D eigenvalue weighted by molar-refractivity contribution is -0.132. The van der Waals surface area contributed by atoms with Gasteiger partial charge in [0.15, 0.2) is 14.6 Å². The lowest BCUT2D eigenvalue weighted by Crippen LogP contribution is -2.46. The van der Waals surface area contributed by atoms with Gasteiger partial charge in [-0.05, 0) is 50.3 Å². The van der Waals surface area contributed by atoms with E-state index in [-0.39, 0.29) is 6.04 Å². The highest BCUT2D eigenvalue weighted by Gasteiger charge is 2.29. The van der Waals surface area contributed by atoms with Crippen LogP contribution in [0.5, 0.6) is 0 Å². The van der Waals surface area contributed by atoms with E-state index in [0.717, 1.165) is 41.5 Å². The second-order valence-corrected chi connectivity index (χ2v) is 10.7. The van der Waals surface area contributed by atoms with Crippen molar-refractivity contribution < 1.29 is 18.0 Å². The lowest BCUT2D eigenvalue weighted by atomic mass is 10.0. The van der Waals surface area contributed by atoms with Crippen LogP contribution in [0.3, 0.4) is 0 Å². The zero-order chi connectivity index (χ0) is 21.2. The summed E-state index contributed by atoms with van der Waals surface area (Å²) < 4.78 is 27.7. The molecule has 2 heterocycles. The number of thiazole rings is 1. The molecule has 7 nitrogen and oxygen atoms in total. The van der Waals surface area contributed by atoms with E-state index < -0.39 is 33.2 Å². The minimum absolute atomic E-state index is 0.0906. The predicted octanol–water partition coefficient (Wildman–Crippen LogP) is 2.18. The number of nitrogens with zero attached hydrogens (tertiary/aromatic N) is 3. The molecule has 29 heavy (non-hydrogen) atoms. The number of aryl methyl sites for hydroxylation is 2. The van der Waals surface area contributed by atoms with Gasteiger partial charge in [0, 0.05) is 19.6 Å². The molecule has 1 unspecified atom stereocenters. The van der Waals surface area contributed by atoms with Crippen LogP contribution >= 0.6 is 11.3 Å². The van der Waals surface area contributed by atoms with Crippen LogP contribution in [0.25, 0.3) is 10.2 Å². The molecule has 2 amide bonds. The Hall–Kier alpha value is -2.00. The number of carbonyl (C=O) groups excluding carboxylic acids is 2. The average molecular weight is 438 g/mol. The fourth-order valence-corrected chi connectivity index (χ4v) is 5.97. The maximum Gasteiger partial charge on any atom is 0.263 e. The van der Waals surface area contributed by atoms with Crippen molar-refractivity contribution in [1.82, 2.24) is 9.47 Å². The lowest BCUT2D eigenvalue weighted by Gasteiger charge is -2.35. The largest absolute Gasteiger partial charge is 0.339 e. The van der Waals surface area contributed by atoms with E-state index in [9.17, 15) is 18.0 Å². The number of sulfone groups is 1. The third kappa shape index (κ3) is 5.14. The topological polar surface area (TPSA) is 88.8 Å². The zero-order valence-electron chi connectivity index (χ0n) is 17.1. The first-order valence-corrected chi connectivity index (χ1v) is 12.5. The molecule has 3 rings (SSSR count). The molecule has 0 saturated carbocycles. The molecule has 1 saturated heterocycles. The number of rotatable bonds is 5. The number of hydrogen-bond acceptors (Lipinski definition) is 5. The number of carbonyl (C=O) groups is 2. The van der Waals surface area contributed by atoms with E-state index in [4.69, 9.17) is 0 Å². The zero-order valence-corrected chi connectivity index (χ0v) is 18.7. The van der Waals surface area contributed by atoms with Gasteiger partial charge in [0.25, 0.3) is 5.91 Å². The van der Waals surface area contributed by atoms with Crippen molar-refractivity contribution in [3.05, 3.63) is 28.6 Å². The second kappa shape index (κ2) is 8.79. The molecular formula is C20H27N3O4S2. The number of benzene rings is 1. The van der Waals surface area contributed by atoms with E-state index >= 15 is 0 Å². The summed E-state index contributed by atoms with van der Waals surface area (Å²) in [5.41, 5.74) is 2.03. The molecule has 1 atom stereocenters. The summed E-state index contributed by atoms with van der Waals surface area (Å²) in [4.78, 5) is 31.0. The van der Waals surface area contributed by atoms with Crippen LogP contribution in [0, 0.1) is 6.92 Å². The normalized spacial score (nSPS) is 18.4. The Bertz CT molecular complexity index is 1100. The fraction of sp³-hybridized carbons (Fsp3) is 0.550. The third-order valence-corrected chi connectivity index (χ3v) is 7.76. The van der Waals surface area contributed by atoms with Gasteiger partial charge in [-0.15, -0.1) is 0 Å². The molecule has 1 aliphatic heterocycles. The molecule has 0 spiro atoms. The molecule has 158 valence electrons. The Morgan fingerprint density at radius 2 is 2.00 bits per heavy atom. The summed E-state index contributed by atoms with van der Waals surface area (Å²) >= 11 is 1.34. The van der Waals surface area contributed by atoms with Crippen molar-refractivity contribution in [2.75, 3.05) is 18.1 Å². The van der Waals surface area contributed by atoms with Crippen LogP contribution in [0.1, 0.15) is 38.2 Å². The molecule has 9 heteroatoms. The van der Waals surface area contributed by atoms with Gasteiger partial charge < -0.3 is 9.47 Å². The van der Waals surface area contributed by atoms with Crippen LogP contribution in [-0.2, 0) is 26.5 Å². The highest BCUT2D eigenvalue weighted by Crippen LogP contribution is 2.20. The SMILES string of the molecule is CCC1CCCCN1C(=O)CS(=O)(=O)CC(=O)N=c1sc2cc(C)ccc2n1C. The Kier molecular flexibility index (Phi) is 6.58. The Labute approximate surface area is 175 Å². The molecule has 1 aliphatic rings. The van der Waals surface area contributed by atoms with Gasteiger partial charge in [0.1, 0.15) is 11.5 Å². The summed E-state index contributed by atoms with van der Waals surface area (Å²) in [6.07, 6.45) is 3.65. The van der Waals surface area contributed by atoms with Crippen molar-refractivity contribution in [2.24, 2.45) is 12.0 Å². The molecule has 1 fully saturated rings. The highest BCUT2D eigenvalue weighted by atomic mass is 32.2. The number of likely N-dealkylation sites (tertiary alicyclic amines) is 1. The minimum Gasteiger partial charge on any atom is -0.339 e. The van der Waals surface area contributed by atoms with E-state index in [0.29, 0.717) is 11.3 Å². The van der Waals surface area contributed by atoms with Gasteiger partial charge in [-0.1, -0.05) is 24.3 Å². The van der Waals surface area contributed by atoms with Crippen LogP contribution in [0.15, 0.2) is 23.2 Å². The Morgan fingerprint density at radius 3 is 2.72 bits per heavy atom. The van der Waals surface area contributed by atoms with Crippen molar-refractivity contribution >= 4 is 43.2 Å².